The lowest BCUT2D eigenvalue weighted by molar-refractivity contribution is -0.144. The summed E-state index contributed by atoms with van der Waals surface area (Å²) in [5.74, 6) is -0.769. The molecule has 80 valence electrons. The molecule has 0 aromatic heterocycles. The molecule has 0 saturated carbocycles. The summed E-state index contributed by atoms with van der Waals surface area (Å²) in [7, 11) is 0. The van der Waals surface area contributed by atoms with Gasteiger partial charge in [-0.05, 0) is 37.4 Å². The zero-order valence-corrected chi connectivity index (χ0v) is 8.79. The van der Waals surface area contributed by atoms with E-state index in [4.69, 9.17) is 0 Å². The van der Waals surface area contributed by atoms with Gasteiger partial charge in [-0.1, -0.05) is 24.3 Å². The van der Waals surface area contributed by atoms with Gasteiger partial charge >= 0.3 is 5.97 Å². The summed E-state index contributed by atoms with van der Waals surface area (Å²) in [5, 5.41) is 12.5. The number of aryl methyl sites for hydroxylation is 1. The van der Waals surface area contributed by atoms with E-state index < -0.39 is 11.5 Å². The van der Waals surface area contributed by atoms with E-state index in [1.165, 1.54) is 0 Å². The van der Waals surface area contributed by atoms with Gasteiger partial charge in [0, 0.05) is 0 Å². The van der Waals surface area contributed by atoms with Crippen LogP contribution in [0.25, 0.3) is 0 Å². The molecular formula is C12H15NO2. The van der Waals surface area contributed by atoms with Crippen molar-refractivity contribution in [3.63, 3.8) is 0 Å². The topological polar surface area (TPSA) is 49.3 Å². The van der Waals surface area contributed by atoms with E-state index in [1.54, 1.807) is 0 Å². The van der Waals surface area contributed by atoms with Crippen molar-refractivity contribution in [2.45, 2.75) is 25.3 Å². The highest BCUT2D eigenvalue weighted by Crippen LogP contribution is 2.33. The van der Waals surface area contributed by atoms with Crippen molar-refractivity contribution in [2.24, 2.45) is 0 Å². The summed E-state index contributed by atoms with van der Waals surface area (Å²) in [4.78, 5) is 11.4. The quantitative estimate of drug-likeness (QED) is 0.772. The molecule has 0 radical (unpaired) electrons. The average molecular weight is 205 g/mol. The van der Waals surface area contributed by atoms with Gasteiger partial charge in [0.1, 0.15) is 5.54 Å². The summed E-state index contributed by atoms with van der Waals surface area (Å²) in [6.07, 6.45) is 1.59. The van der Waals surface area contributed by atoms with Crippen LogP contribution in [0.3, 0.4) is 0 Å². The van der Waals surface area contributed by atoms with Crippen LogP contribution in [-0.4, -0.2) is 17.6 Å². The maximum atomic E-state index is 11.4. The Morgan fingerprint density at radius 2 is 2.20 bits per heavy atom. The molecule has 0 aliphatic carbocycles. The van der Waals surface area contributed by atoms with Gasteiger partial charge < -0.3 is 5.11 Å². The van der Waals surface area contributed by atoms with Crippen LogP contribution >= 0.6 is 0 Å². The van der Waals surface area contributed by atoms with Crippen molar-refractivity contribution >= 4 is 5.97 Å². The minimum Gasteiger partial charge on any atom is -0.480 e. The van der Waals surface area contributed by atoms with E-state index in [1.807, 2.05) is 31.2 Å². The third-order valence-electron chi connectivity index (χ3n) is 3.13. The van der Waals surface area contributed by atoms with Crippen molar-refractivity contribution in [3.05, 3.63) is 35.4 Å². The molecule has 0 amide bonds. The van der Waals surface area contributed by atoms with Crippen molar-refractivity contribution in [2.75, 3.05) is 6.54 Å². The highest BCUT2D eigenvalue weighted by Gasteiger charge is 2.43. The van der Waals surface area contributed by atoms with Crippen molar-refractivity contribution in [1.82, 2.24) is 5.32 Å². The van der Waals surface area contributed by atoms with Gasteiger partial charge in [0.2, 0.25) is 0 Å². The van der Waals surface area contributed by atoms with E-state index >= 15 is 0 Å². The smallest absolute Gasteiger partial charge is 0.328 e. The Bertz CT molecular complexity index is 381. The Kier molecular flexibility index (Phi) is 2.49. The van der Waals surface area contributed by atoms with Gasteiger partial charge in [0.05, 0.1) is 0 Å². The zero-order chi connectivity index (χ0) is 10.9. The first-order valence-electron chi connectivity index (χ1n) is 5.21. The van der Waals surface area contributed by atoms with E-state index in [-0.39, 0.29) is 0 Å². The Morgan fingerprint density at radius 3 is 2.73 bits per heavy atom. The van der Waals surface area contributed by atoms with Crippen LogP contribution < -0.4 is 5.32 Å². The van der Waals surface area contributed by atoms with Crippen LogP contribution in [0, 0.1) is 6.92 Å². The molecule has 1 fully saturated rings. The number of hydrogen-bond donors (Lipinski definition) is 2. The zero-order valence-electron chi connectivity index (χ0n) is 8.79. The predicted octanol–water partition coefficient (Wildman–Crippen LogP) is 1.66. The Hall–Kier alpha value is -1.35. The summed E-state index contributed by atoms with van der Waals surface area (Å²) in [6.45, 7) is 2.74. The highest BCUT2D eigenvalue weighted by atomic mass is 16.4. The molecule has 0 unspecified atom stereocenters. The molecule has 2 N–H and O–H groups in total. The number of aliphatic carboxylic acids is 1. The standard InChI is InChI=1S/C12H15NO2/c1-9-5-2-3-6-10(9)12(11(14)15)7-4-8-13-12/h2-3,5-6,13H,4,7-8H2,1H3,(H,14,15)/t12-/m1/s1. The third kappa shape index (κ3) is 1.53. The molecule has 1 atom stereocenters. The van der Waals surface area contributed by atoms with E-state index in [0.29, 0.717) is 6.42 Å². The summed E-state index contributed by atoms with van der Waals surface area (Å²) in [6, 6.07) is 7.69. The average Bonchev–Trinajstić information content (AvgIpc) is 2.68. The normalized spacial score (nSPS) is 25.4. The molecule has 1 heterocycles. The lowest BCUT2D eigenvalue weighted by Gasteiger charge is -2.26. The van der Waals surface area contributed by atoms with Crippen LogP contribution in [0.2, 0.25) is 0 Å². The van der Waals surface area contributed by atoms with Crippen LogP contribution in [0.5, 0.6) is 0 Å². The third-order valence-corrected chi connectivity index (χ3v) is 3.13. The summed E-state index contributed by atoms with van der Waals surface area (Å²) < 4.78 is 0. The van der Waals surface area contributed by atoms with E-state index in [9.17, 15) is 9.90 Å². The van der Waals surface area contributed by atoms with Crippen molar-refractivity contribution in [1.29, 1.82) is 0 Å². The molecule has 1 aromatic rings. The second-order valence-corrected chi connectivity index (χ2v) is 4.06. The van der Waals surface area contributed by atoms with Gasteiger partial charge in [-0.15, -0.1) is 0 Å². The maximum absolute atomic E-state index is 11.4. The molecule has 1 saturated heterocycles. The fourth-order valence-electron chi connectivity index (χ4n) is 2.32. The van der Waals surface area contributed by atoms with Crippen LogP contribution in [0.1, 0.15) is 24.0 Å². The molecule has 2 rings (SSSR count). The van der Waals surface area contributed by atoms with Gasteiger partial charge in [0.25, 0.3) is 0 Å². The molecule has 0 bridgehead atoms. The molecule has 1 aliphatic heterocycles. The van der Waals surface area contributed by atoms with Crippen molar-refractivity contribution in [3.8, 4) is 0 Å². The summed E-state index contributed by atoms with van der Waals surface area (Å²) >= 11 is 0. The Balaban J connectivity index is 2.50. The maximum Gasteiger partial charge on any atom is 0.328 e. The van der Waals surface area contributed by atoms with E-state index in [2.05, 4.69) is 5.32 Å². The molecule has 1 aromatic carbocycles. The number of hydrogen-bond acceptors (Lipinski definition) is 2. The molecule has 3 heteroatoms. The minimum atomic E-state index is -0.856. The predicted molar refractivity (Wildman–Crippen MR) is 57.7 cm³/mol. The lowest BCUT2D eigenvalue weighted by atomic mass is 9.85. The fourth-order valence-corrected chi connectivity index (χ4v) is 2.32. The number of rotatable bonds is 2. The molecular weight excluding hydrogens is 190 g/mol. The van der Waals surface area contributed by atoms with Gasteiger partial charge in [-0.3, -0.25) is 5.32 Å². The number of benzene rings is 1. The number of carboxylic acid groups (broad SMARTS) is 1. The second-order valence-electron chi connectivity index (χ2n) is 4.06. The second kappa shape index (κ2) is 3.66. The van der Waals surface area contributed by atoms with Gasteiger partial charge in [0.15, 0.2) is 0 Å². The monoisotopic (exact) mass is 205 g/mol. The first-order chi connectivity index (χ1) is 7.17. The molecule has 0 spiro atoms. The van der Waals surface area contributed by atoms with Crippen LogP contribution in [0.15, 0.2) is 24.3 Å². The van der Waals surface area contributed by atoms with E-state index in [0.717, 1.165) is 24.1 Å². The Labute approximate surface area is 89.1 Å². The summed E-state index contributed by atoms with van der Waals surface area (Å²) in [5.41, 5.74) is 1.08. The van der Waals surface area contributed by atoms with Crippen molar-refractivity contribution < 1.29 is 9.90 Å². The fraction of sp³-hybridized carbons (Fsp3) is 0.417. The van der Waals surface area contributed by atoms with Gasteiger partial charge in [-0.25, -0.2) is 4.79 Å². The van der Waals surface area contributed by atoms with Gasteiger partial charge in [-0.2, -0.15) is 0 Å². The SMILES string of the molecule is Cc1ccccc1[C@@]1(C(=O)O)CCCN1. The largest absolute Gasteiger partial charge is 0.480 e. The molecule has 1 aliphatic rings. The van der Waals surface area contributed by atoms with Crippen LogP contribution in [-0.2, 0) is 10.3 Å². The Morgan fingerprint density at radius 1 is 1.47 bits per heavy atom. The molecule has 3 nitrogen and oxygen atoms in total. The number of nitrogens with one attached hydrogen (secondary N) is 1. The minimum absolute atomic E-state index is 0.674. The molecule has 15 heavy (non-hydrogen) atoms. The number of carbonyl (C=O) groups is 1. The first-order valence-corrected chi connectivity index (χ1v) is 5.21. The first kappa shape index (κ1) is 10.2. The lowest BCUT2D eigenvalue weighted by Crippen LogP contribution is -2.45. The van der Waals surface area contributed by atoms with Crippen LogP contribution in [0.4, 0.5) is 0 Å². The number of carboxylic acids is 1. The highest BCUT2D eigenvalue weighted by molar-refractivity contribution is 5.81.